The van der Waals surface area contributed by atoms with Crippen LogP contribution in [0.25, 0.3) is 0 Å². The van der Waals surface area contributed by atoms with E-state index in [1.54, 1.807) is 0 Å². The summed E-state index contributed by atoms with van der Waals surface area (Å²) in [5.41, 5.74) is 0.920. The van der Waals surface area contributed by atoms with Crippen LogP contribution in [0.1, 0.15) is 49.1 Å². The number of likely N-dealkylation sites (N-methyl/N-ethyl adjacent to an activating group) is 1. The second-order valence-electron chi connectivity index (χ2n) is 5.83. The Morgan fingerprint density at radius 1 is 1.33 bits per heavy atom. The smallest absolute Gasteiger partial charge is 0.229 e. The van der Waals surface area contributed by atoms with E-state index < -0.39 is 6.10 Å². The van der Waals surface area contributed by atoms with Crippen molar-refractivity contribution in [1.29, 1.82) is 0 Å². The predicted molar refractivity (Wildman–Crippen MR) is 78.6 cm³/mol. The summed E-state index contributed by atoms with van der Waals surface area (Å²) in [5, 5.41) is 14.5. The van der Waals surface area contributed by atoms with E-state index in [2.05, 4.69) is 10.1 Å². The maximum atomic E-state index is 10.4. The minimum absolute atomic E-state index is 0.0322. The summed E-state index contributed by atoms with van der Waals surface area (Å²) >= 11 is 0. The first kappa shape index (κ1) is 14.2. The molecule has 0 radical (unpaired) electrons. The van der Waals surface area contributed by atoms with Crippen LogP contribution < -0.4 is 0 Å². The van der Waals surface area contributed by atoms with E-state index in [1.165, 1.54) is 0 Å². The molecular weight excluding hydrogens is 266 g/mol. The quantitative estimate of drug-likeness (QED) is 0.884. The lowest BCUT2D eigenvalue weighted by Gasteiger charge is -2.28. The van der Waals surface area contributed by atoms with Gasteiger partial charge in [-0.05, 0) is 32.4 Å². The maximum Gasteiger partial charge on any atom is 0.229 e. The number of benzene rings is 1. The minimum Gasteiger partial charge on any atom is -0.387 e. The summed E-state index contributed by atoms with van der Waals surface area (Å²) in [7, 11) is 1.96. The molecule has 0 bridgehead atoms. The highest BCUT2D eigenvalue weighted by molar-refractivity contribution is 5.18. The van der Waals surface area contributed by atoms with Gasteiger partial charge in [0, 0.05) is 12.0 Å². The van der Waals surface area contributed by atoms with E-state index in [9.17, 15) is 5.11 Å². The molecule has 1 aliphatic carbocycles. The summed E-state index contributed by atoms with van der Waals surface area (Å²) < 4.78 is 5.26. The Balaban J connectivity index is 1.62. The van der Waals surface area contributed by atoms with Crippen LogP contribution >= 0.6 is 0 Å². The molecule has 2 aromatic rings. The van der Waals surface area contributed by atoms with Crippen LogP contribution in [-0.2, 0) is 6.54 Å². The number of hydrogen-bond acceptors (Lipinski definition) is 5. The number of rotatable bonds is 6. The summed E-state index contributed by atoms with van der Waals surface area (Å²) in [6.07, 6.45) is 1.77. The van der Waals surface area contributed by atoms with E-state index in [0.29, 0.717) is 18.3 Å². The fraction of sp³-hybridized carbons (Fsp3) is 0.500. The van der Waals surface area contributed by atoms with Crippen molar-refractivity contribution in [3.8, 4) is 0 Å². The van der Waals surface area contributed by atoms with Gasteiger partial charge in [-0.3, -0.25) is 4.90 Å². The largest absolute Gasteiger partial charge is 0.387 e. The van der Waals surface area contributed by atoms with Gasteiger partial charge in [0.2, 0.25) is 5.89 Å². The average Bonchev–Trinajstić information content (AvgIpc) is 3.27. The normalized spacial score (nSPS) is 17.9. The first-order valence-electron chi connectivity index (χ1n) is 7.41. The molecule has 5 nitrogen and oxygen atoms in total. The van der Waals surface area contributed by atoms with Crippen LogP contribution in [-0.4, -0.2) is 33.2 Å². The van der Waals surface area contributed by atoms with E-state index in [-0.39, 0.29) is 6.04 Å². The Labute approximate surface area is 124 Å². The fourth-order valence-electron chi connectivity index (χ4n) is 2.36. The summed E-state index contributed by atoms with van der Waals surface area (Å²) in [6, 6.07) is 9.67. The lowest BCUT2D eigenvalue weighted by Crippen LogP contribution is -2.34. The van der Waals surface area contributed by atoms with Crippen molar-refractivity contribution >= 4 is 0 Å². The molecule has 5 heteroatoms. The fourth-order valence-corrected chi connectivity index (χ4v) is 2.36. The van der Waals surface area contributed by atoms with Crippen LogP contribution in [0.15, 0.2) is 34.9 Å². The average molecular weight is 287 g/mol. The molecular formula is C16H21N3O2. The lowest BCUT2D eigenvalue weighted by molar-refractivity contribution is 0.0671. The van der Waals surface area contributed by atoms with Gasteiger partial charge in [0.1, 0.15) is 0 Å². The number of aromatic nitrogens is 2. The maximum absolute atomic E-state index is 10.4. The van der Waals surface area contributed by atoms with Crippen molar-refractivity contribution in [2.24, 2.45) is 0 Å². The minimum atomic E-state index is -0.536. The third-order valence-corrected chi connectivity index (χ3v) is 4.09. The van der Waals surface area contributed by atoms with Crippen LogP contribution in [0.3, 0.4) is 0 Å². The summed E-state index contributed by atoms with van der Waals surface area (Å²) in [4.78, 5) is 6.47. The molecule has 1 saturated carbocycles. The molecule has 1 aromatic carbocycles. The van der Waals surface area contributed by atoms with E-state index in [1.807, 2.05) is 49.2 Å². The molecule has 0 amide bonds. The summed E-state index contributed by atoms with van der Waals surface area (Å²) in [6.45, 7) is 2.57. The second-order valence-corrected chi connectivity index (χ2v) is 5.83. The molecule has 0 spiro atoms. The van der Waals surface area contributed by atoms with Gasteiger partial charge in [0.25, 0.3) is 0 Å². The Hall–Kier alpha value is -1.72. The van der Waals surface area contributed by atoms with Crippen LogP contribution in [0, 0.1) is 0 Å². The molecule has 21 heavy (non-hydrogen) atoms. The van der Waals surface area contributed by atoms with Gasteiger partial charge in [0.05, 0.1) is 12.6 Å². The number of aliphatic hydroxyl groups excluding tert-OH is 1. The van der Waals surface area contributed by atoms with Crippen molar-refractivity contribution in [3.05, 3.63) is 47.6 Å². The molecule has 1 heterocycles. The standard InChI is InChI=1S/C16H21N3O2/c1-11(15(20)12-6-4-3-5-7-12)19(2)10-14-17-16(21-18-14)13-8-9-13/h3-7,11,13,15,20H,8-10H2,1-2H3/t11-,15+/m0/s1. The van der Waals surface area contributed by atoms with Gasteiger partial charge in [-0.15, -0.1) is 0 Å². The highest BCUT2D eigenvalue weighted by atomic mass is 16.5. The molecule has 112 valence electrons. The van der Waals surface area contributed by atoms with Crippen molar-refractivity contribution in [3.63, 3.8) is 0 Å². The molecule has 1 aromatic heterocycles. The zero-order valence-electron chi connectivity index (χ0n) is 12.4. The molecule has 0 unspecified atom stereocenters. The monoisotopic (exact) mass is 287 g/mol. The first-order chi connectivity index (χ1) is 10.1. The Bertz CT molecular complexity index is 580. The topological polar surface area (TPSA) is 62.4 Å². The SMILES string of the molecule is C[C@@H]([C@@H](O)c1ccccc1)N(C)Cc1noc(C2CC2)n1. The second kappa shape index (κ2) is 5.95. The molecule has 1 aliphatic rings. The summed E-state index contributed by atoms with van der Waals surface area (Å²) in [5.74, 6) is 1.92. The van der Waals surface area contributed by atoms with E-state index in [0.717, 1.165) is 24.3 Å². The Kier molecular flexibility index (Phi) is 4.03. The molecule has 0 saturated heterocycles. The van der Waals surface area contributed by atoms with Crippen molar-refractivity contribution in [2.75, 3.05) is 7.05 Å². The predicted octanol–water partition coefficient (Wildman–Crippen LogP) is 2.50. The van der Waals surface area contributed by atoms with Crippen molar-refractivity contribution in [1.82, 2.24) is 15.0 Å². The Morgan fingerprint density at radius 3 is 2.71 bits per heavy atom. The van der Waals surface area contributed by atoms with Gasteiger partial charge in [-0.2, -0.15) is 4.98 Å². The molecule has 1 N–H and O–H groups in total. The van der Waals surface area contributed by atoms with Gasteiger partial charge < -0.3 is 9.63 Å². The number of hydrogen-bond donors (Lipinski definition) is 1. The van der Waals surface area contributed by atoms with Crippen molar-refractivity contribution < 1.29 is 9.63 Å². The molecule has 2 atom stereocenters. The number of nitrogens with zero attached hydrogens (tertiary/aromatic N) is 3. The zero-order chi connectivity index (χ0) is 14.8. The third kappa shape index (κ3) is 3.31. The number of aliphatic hydroxyl groups is 1. The highest BCUT2D eigenvalue weighted by Gasteiger charge is 2.30. The van der Waals surface area contributed by atoms with Gasteiger partial charge in [0.15, 0.2) is 5.82 Å². The zero-order valence-corrected chi connectivity index (χ0v) is 12.4. The van der Waals surface area contributed by atoms with Crippen LogP contribution in [0.5, 0.6) is 0 Å². The molecule has 0 aliphatic heterocycles. The van der Waals surface area contributed by atoms with Gasteiger partial charge >= 0.3 is 0 Å². The van der Waals surface area contributed by atoms with Crippen LogP contribution in [0.2, 0.25) is 0 Å². The first-order valence-corrected chi connectivity index (χ1v) is 7.41. The highest BCUT2D eigenvalue weighted by Crippen LogP contribution is 2.38. The lowest BCUT2D eigenvalue weighted by atomic mass is 10.0. The third-order valence-electron chi connectivity index (χ3n) is 4.09. The molecule has 1 fully saturated rings. The Morgan fingerprint density at radius 2 is 2.05 bits per heavy atom. The van der Waals surface area contributed by atoms with E-state index >= 15 is 0 Å². The molecule has 3 rings (SSSR count). The van der Waals surface area contributed by atoms with Gasteiger partial charge in [-0.1, -0.05) is 35.5 Å². The van der Waals surface area contributed by atoms with Crippen molar-refractivity contribution in [2.45, 2.75) is 44.4 Å². The van der Waals surface area contributed by atoms with Gasteiger partial charge in [-0.25, -0.2) is 0 Å². The van der Waals surface area contributed by atoms with Crippen LogP contribution in [0.4, 0.5) is 0 Å². The van der Waals surface area contributed by atoms with E-state index in [4.69, 9.17) is 4.52 Å².